The molecule has 0 atom stereocenters. The van der Waals surface area contributed by atoms with E-state index in [1.54, 1.807) is 5.01 Å². The molecule has 0 rings (SSSR count). The molecule has 0 fully saturated rings. The van der Waals surface area contributed by atoms with Gasteiger partial charge in [-0.1, -0.05) is 0 Å². The van der Waals surface area contributed by atoms with Gasteiger partial charge in [0, 0.05) is 28.2 Å². The Labute approximate surface area is 62.5 Å². The molecule has 0 heterocycles. The van der Waals surface area contributed by atoms with E-state index in [1.807, 2.05) is 40.1 Å². The highest BCUT2D eigenvalue weighted by Crippen LogP contribution is 1.77. The van der Waals surface area contributed by atoms with Crippen molar-refractivity contribution in [2.75, 3.05) is 28.2 Å². The fourth-order valence-corrected chi connectivity index (χ4v) is 0.646. The second kappa shape index (κ2) is 4.11. The summed E-state index contributed by atoms with van der Waals surface area (Å²) < 4.78 is 0. The number of rotatable bonds is 2. The average molecular weight is 144 g/mol. The van der Waals surface area contributed by atoms with E-state index in [1.165, 1.54) is 0 Å². The second-order valence-corrected chi connectivity index (χ2v) is 2.54. The molecule has 0 aromatic heterocycles. The maximum atomic E-state index is 4.11. The molecule has 0 aliphatic rings. The van der Waals surface area contributed by atoms with E-state index in [2.05, 4.69) is 10.5 Å². The van der Waals surface area contributed by atoms with E-state index < -0.39 is 0 Å². The number of nitrogens with one attached hydrogen (secondary N) is 1. The van der Waals surface area contributed by atoms with Crippen LogP contribution >= 0.6 is 0 Å². The van der Waals surface area contributed by atoms with Gasteiger partial charge in [-0.25, -0.2) is 5.01 Å². The maximum Gasteiger partial charge on any atom is 0.133 e. The van der Waals surface area contributed by atoms with Gasteiger partial charge in [0.1, 0.15) is 5.84 Å². The summed E-state index contributed by atoms with van der Waals surface area (Å²) in [6.07, 6.45) is 0. The molecule has 0 amide bonds. The van der Waals surface area contributed by atoms with Gasteiger partial charge in [-0.3, -0.25) is 0 Å². The minimum Gasteiger partial charge on any atom is -0.306 e. The number of nitrogens with zero attached hydrogens (tertiary/aromatic N) is 3. The number of amidine groups is 1. The second-order valence-electron chi connectivity index (χ2n) is 2.54. The lowest BCUT2D eigenvalue weighted by atomic mass is 10.7. The average Bonchev–Trinajstić information content (AvgIpc) is 1.58. The Morgan fingerprint density at radius 2 is 1.70 bits per heavy atom. The molecular weight excluding hydrogens is 128 g/mol. The van der Waals surface area contributed by atoms with Gasteiger partial charge < -0.3 is 10.4 Å². The van der Waals surface area contributed by atoms with Crippen LogP contribution in [-0.4, -0.2) is 44.0 Å². The Bertz CT molecular complexity index is 117. The standard InChI is InChI=1S/C6H16N4/c1-6(7-9(2)3)8-10(4)5/h1-5H3,(H,7,8). The third-order valence-electron chi connectivity index (χ3n) is 0.735. The first-order valence-electron chi connectivity index (χ1n) is 3.19. The van der Waals surface area contributed by atoms with E-state index in [9.17, 15) is 0 Å². The lowest BCUT2D eigenvalue weighted by Crippen LogP contribution is -2.35. The number of hydrazine groups is 1. The minimum atomic E-state index is 0.884. The molecule has 0 unspecified atom stereocenters. The number of hydrogen-bond acceptors (Lipinski definition) is 3. The van der Waals surface area contributed by atoms with Crippen molar-refractivity contribution in [3.63, 3.8) is 0 Å². The topological polar surface area (TPSA) is 30.9 Å². The molecule has 60 valence electrons. The lowest BCUT2D eigenvalue weighted by molar-refractivity contribution is 0.350. The van der Waals surface area contributed by atoms with Crippen molar-refractivity contribution in [3.8, 4) is 0 Å². The Morgan fingerprint density at radius 3 is 2.00 bits per heavy atom. The molecule has 0 aromatic rings. The van der Waals surface area contributed by atoms with Gasteiger partial charge in [-0.15, -0.1) is 0 Å². The van der Waals surface area contributed by atoms with Gasteiger partial charge in [0.25, 0.3) is 0 Å². The van der Waals surface area contributed by atoms with Crippen LogP contribution in [-0.2, 0) is 0 Å². The lowest BCUT2D eigenvalue weighted by Gasteiger charge is -2.14. The predicted molar refractivity (Wildman–Crippen MR) is 43.6 cm³/mol. The molecule has 4 heteroatoms. The largest absolute Gasteiger partial charge is 0.306 e. The fourth-order valence-electron chi connectivity index (χ4n) is 0.646. The molecule has 0 aliphatic heterocycles. The van der Waals surface area contributed by atoms with Crippen LogP contribution in [0.2, 0.25) is 0 Å². The summed E-state index contributed by atoms with van der Waals surface area (Å²) in [5.41, 5.74) is 3.02. The molecule has 0 saturated heterocycles. The first kappa shape index (κ1) is 9.23. The highest BCUT2D eigenvalue weighted by atomic mass is 15.5. The third kappa shape index (κ3) is 5.37. The molecule has 10 heavy (non-hydrogen) atoms. The van der Waals surface area contributed by atoms with Gasteiger partial charge in [0.05, 0.1) is 0 Å². The summed E-state index contributed by atoms with van der Waals surface area (Å²) in [6, 6.07) is 0. The van der Waals surface area contributed by atoms with Gasteiger partial charge in [-0.2, -0.15) is 5.10 Å². The zero-order chi connectivity index (χ0) is 8.15. The predicted octanol–water partition coefficient (Wildman–Crippen LogP) is -0.0524. The fraction of sp³-hybridized carbons (Fsp3) is 0.833. The van der Waals surface area contributed by atoms with E-state index in [-0.39, 0.29) is 0 Å². The molecule has 0 bridgehead atoms. The first-order valence-corrected chi connectivity index (χ1v) is 3.19. The van der Waals surface area contributed by atoms with Crippen molar-refractivity contribution in [2.45, 2.75) is 6.92 Å². The normalized spacial score (nSPS) is 12.0. The third-order valence-corrected chi connectivity index (χ3v) is 0.735. The van der Waals surface area contributed by atoms with Gasteiger partial charge in [0.15, 0.2) is 0 Å². The molecular formula is C6H16N4. The molecule has 0 radical (unpaired) electrons. The molecule has 1 N–H and O–H groups in total. The Kier molecular flexibility index (Phi) is 3.79. The SMILES string of the molecule is C/C(=N/N(C)C)NN(C)C. The van der Waals surface area contributed by atoms with E-state index in [4.69, 9.17) is 0 Å². The van der Waals surface area contributed by atoms with Crippen LogP contribution in [0.1, 0.15) is 6.92 Å². The van der Waals surface area contributed by atoms with Gasteiger partial charge >= 0.3 is 0 Å². The van der Waals surface area contributed by atoms with Crippen molar-refractivity contribution in [1.82, 2.24) is 15.4 Å². The molecule has 4 nitrogen and oxygen atoms in total. The minimum absolute atomic E-state index is 0.884. The zero-order valence-corrected chi connectivity index (χ0v) is 7.34. The van der Waals surface area contributed by atoms with E-state index in [0.717, 1.165) is 5.84 Å². The van der Waals surface area contributed by atoms with Crippen LogP contribution in [0.4, 0.5) is 0 Å². The molecule has 0 saturated carbocycles. The summed E-state index contributed by atoms with van der Waals surface area (Å²) in [6.45, 7) is 1.92. The van der Waals surface area contributed by atoms with Crippen molar-refractivity contribution in [3.05, 3.63) is 0 Å². The van der Waals surface area contributed by atoms with E-state index in [0.29, 0.717) is 0 Å². The van der Waals surface area contributed by atoms with Crippen LogP contribution in [0.15, 0.2) is 5.10 Å². The molecule has 0 aliphatic carbocycles. The summed E-state index contributed by atoms with van der Waals surface area (Å²) in [7, 11) is 7.63. The summed E-state index contributed by atoms with van der Waals surface area (Å²) >= 11 is 0. The number of hydrazone groups is 1. The highest BCUT2D eigenvalue weighted by molar-refractivity contribution is 5.78. The maximum absolute atomic E-state index is 4.11. The van der Waals surface area contributed by atoms with Crippen molar-refractivity contribution in [1.29, 1.82) is 0 Å². The van der Waals surface area contributed by atoms with E-state index >= 15 is 0 Å². The van der Waals surface area contributed by atoms with Crippen molar-refractivity contribution in [2.24, 2.45) is 5.10 Å². The summed E-state index contributed by atoms with van der Waals surface area (Å²) in [4.78, 5) is 0. The van der Waals surface area contributed by atoms with Crippen LogP contribution in [0, 0.1) is 0 Å². The summed E-state index contributed by atoms with van der Waals surface area (Å²) in [5, 5.41) is 7.72. The number of hydrogen-bond donors (Lipinski definition) is 1. The van der Waals surface area contributed by atoms with Crippen molar-refractivity contribution >= 4 is 5.84 Å². The zero-order valence-electron chi connectivity index (χ0n) is 7.34. The highest BCUT2D eigenvalue weighted by Gasteiger charge is 1.90. The Balaban J connectivity index is 3.71. The Morgan fingerprint density at radius 1 is 1.20 bits per heavy atom. The van der Waals surface area contributed by atoms with Crippen LogP contribution < -0.4 is 5.43 Å². The quantitative estimate of drug-likeness (QED) is 0.335. The Hall–Kier alpha value is -0.770. The molecule has 0 aromatic carbocycles. The first-order chi connectivity index (χ1) is 4.52. The van der Waals surface area contributed by atoms with Crippen LogP contribution in [0.5, 0.6) is 0 Å². The monoisotopic (exact) mass is 144 g/mol. The molecule has 0 spiro atoms. The van der Waals surface area contributed by atoms with Crippen LogP contribution in [0.3, 0.4) is 0 Å². The van der Waals surface area contributed by atoms with Gasteiger partial charge in [0.2, 0.25) is 0 Å². The summed E-state index contributed by atoms with van der Waals surface area (Å²) in [5.74, 6) is 0.884. The van der Waals surface area contributed by atoms with Gasteiger partial charge in [-0.05, 0) is 6.92 Å². The smallest absolute Gasteiger partial charge is 0.133 e. The van der Waals surface area contributed by atoms with Crippen LogP contribution in [0.25, 0.3) is 0 Å². The van der Waals surface area contributed by atoms with Crippen molar-refractivity contribution < 1.29 is 0 Å².